The lowest BCUT2D eigenvalue weighted by atomic mass is 9.80. The Hall–Kier alpha value is -1.74. The van der Waals surface area contributed by atoms with E-state index >= 15 is 0 Å². The quantitative estimate of drug-likeness (QED) is 0.356. The number of sulfonamides is 1. The first kappa shape index (κ1) is 27.8. The van der Waals surface area contributed by atoms with Crippen molar-refractivity contribution in [2.24, 2.45) is 17.8 Å². The molecule has 5 nitrogen and oxygen atoms in total. The Balaban J connectivity index is 1.44. The van der Waals surface area contributed by atoms with Gasteiger partial charge in [-0.05, 0) is 72.4 Å². The molecule has 9 heteroatoms. The highest BCUT2D eigenvalue weighted by Gasteiger charge is 2.70. The molecule has 1 saturated carbocycles. The molecule has 1 saturated heterocycles. The van der Waals surface area contributed by atoms with Crippen molar-refractivity contribution in [1.82, 2.24) is 4.31 Å². The molecule has 3 unspecified atom stereocenters. The fourth-order valence-corrected chi connectivity index (χ4v) is 9.20. The molecule has 3 atom stereocenters. The zero-order valence-corrected chi connectivity index (χ0v) is 25.0. The van der Waals surface area contributed by atoms with E-state index in [2.05, 4.69) is 37.8 Å². The van der Waals surface area contributed by atoms with Crippen LogP contribution in [0.1, 0.15) is 39.2 Å². The Bertz CT molecular complexity index is 1340. The predicted molar refractivity (Wildman–Crippen MR) is 155 cm³/mol. The third kappa shape index (κ3) is 4.76. The molecule has 2 fully saturated rings. The highest BCUT2D eigenvalue weighted by molar-refractivity contribution is 8.01. The van der Waals surface area contributed by atoms with E-state index in [0.29, 0.717) is 41.6 Å². The minimum atomic E-state index is -3.14. The summed E-state index contributed by atoms with van der Waals surface area (Å²) in [5, 5.41) is 0.577. The lowest BCUT2D eigenvalue weighted by Crippen LogP contribution is -2.42. The zero-order valence-electron chi connectivity index (χ0n) is 22.6. The van der Waals surface area contributed by atoms with Crippen LogP contribution in [0.25, 0.3) is 0 Å². The molecule has 0 aromatic heterocycles. The summed E-state index contributed by atoms with van der Waals surface area (Å²) in [4.78, 5) is 2.30. The zero-order chi connectivity index (χ0) is 27.5. The summed E-state index contributed by atoms with van der Waals surface area (Å²) in [5.74, 6) is 2.64. The number of nitrogens with zero attached hydrogens (tertiary/aromatic N) is 2. The second-order valence-electron chi connectivity index (χ2n) is 11.3. The molecule has 0 N–H and O–H groups in total. The molecule has 0 radical (unpaired) electrons. The van der Waals surface area contributed by atoms with Gasteiger partial charge in [0.25, 0.3) is 0 Å². The van der Waals surface area contributed by atoms with Gasteiger partial charge in [0.2, 0.25) is 10.0 Å². The van der Waals surface area contributed by atoms with Gasteiger partial charge in [-0.15, -0.1) is 11.8 Å². The number of hydrogen-bond acceptors (Lipinski definition) is 5. The molecule has 0 spiro atoms. The number of methoxy groups -OCH3 is 1. The summed E-state index contributed by atoms with van der Waals surface area (Å²) in [5.41, 5.74) is 2.92. The standard InChI is InChI=1S/C29H36ClFN2O3S2/c1-19-24-17-27(28(2,3)21-6-11-25(30)26(16-21)36-4)33(23-9-7-22(31)8-10-23)29(19,24)37-18-20-12-14-32(15-13-20)38(5,34)35/h6-11,16-17,19-20,24H,12-15,18H2,1-5H3. The third-order valence-corrected chi connectivity index (χ3v) is 12.2. The van der Waals surface area contributed by atoms with Crippen LogP contribution >= 0.6 is 23.4 Å². The van der Waals surface area contributed by atoms with E-state index in [1.807, 2.05) is 36.0 Å². The van der Waals surface area contributed by atoms with Gasteiger partial charge in [-0.25, -0.2) is 17.1 Å². The van der Waals surface area contributed by atoms with Crippen LogP contribution in [-0.4, -0.2) is 49.8 Å². The van der Waals surface area contributed by atoms with Gasteiger partial charge in [0.05, 0.1) is 18.4 Å². The Labute approximate surface area is 235 Å². The number of halogens is 2. The van der Waals surface area contributed by atoms with Crippen LogP contribution in [0.4, 0.5) is 10.1 Å². The number of hydrogen-bond donors (Lipinski definition) is 0. The van der Waals surface area contributed by atoms with E-state index in [1.165, 1.54) is 24.1 Å². The number of benzene rings is 2. The Kier molecular flexibility index (Phi) is 7.34. The van der Waals surface area contributed by atoms with Gasteiger partial charge < -0.3 is 9.64 Å². The van der Waals surface area contributed by atoms with Gasteiger partial charge in [-0.3, -0.25) is 0 Å². The van der Waals surface area contributed by atoms with Crippen molar-refractivity contribution in [3.05, 3.63) is 70.6 Å². The molecule has 2 aromatic rings. The lowest BCUT2D eigenvalue weighted by Gasteiger charge is -2.42. The van der Waals surface area contributed by atoms with E-state index in [-0.39, 0.29) is 16.1 Å². The summed E-state index contributed by atoms with van der Waals surface area (Å²) in [6.07, 6.45) is 5.46. The van der Waals surface area contributed by atoms with Crippen LogP contribution in [0, 0.1) is 23.6 Å². The summed E-state index contributed by atoms with van der Waals surface area (Å²) in [7, 11) is -1.51. The Morgan fingerprint density at radius 2 is 1.82 bits per heavy atom. The first-order valence-corrected chi connectivity index (χ1v) is 16.3. The summed E-state index contributed by atoms with van der Waals surface area (Å²) < 4.78 is 45.0. The fraction of sp³-hybridized carbons (Fsp3) is 0.517. The number of thioether (sulfide) groups is 1. The van der Waals surface area contributed by atoms with E-state index in [0.717, 1.165) is 29.8 Å². The number of anilines is 1. The van der Waals surface area contributed by atoms with Crippen LogP contribution in [0.3, 0.4) is 0 Å². The van der Waals surface area contributed by atoms with Gasteiger partial charge in [-0.1, -0.05) is 44.5 Å². The molecule has 2 heterocycles. The fourth-order valence-electron chi connectivity index (χ4n) is 6.16. The Morgan fingerprint density at radius 3 is 2.42 bits per heavy atom. The number of allylic oxidation sites excluding steroid dienone is 1. The van der Waals surface area contributed by atoms with Crippen molar-refractivity contribution in [1.29, 1.82) is 0 Å². The maximum absolute atomic E-state index is 14.0. The SMILES string of the molecule is COc1cc(C(C)(C)C2=CC3C(C)C3(SCC3CCN(S(C)(=O)=O)CC3)N2c2ccc(F)cc2)ccc1Cl. The molecule has 2 aliphatic heterocycles. The molecule has 1 aliphatic carbocycles. The average Bonchev–Trinajstić information content (AvgIpc) is 3.26. The van der Waals surface area contributed by atoms with E-state index < -0.39 is 10.0 Å². The Morgan fingerprint density at radius 1 is 1.16 bits per heavy atom. The van der Waals surface area contributed by atoms with Crippen molar-refractivity contribution >= 4 is 39.1 Å². The molecule has 0 bridgehead atoms. The predicted octanol–water partition coefficient (Wildman–Crippen LogP) is 6.54. The van der Waals surface area contributed by atoms with E-state index in [4.69, 9.17) is 16.3 Å². The van der Waals surface area contributed by atoms with Gasteiger partial charge in [0, 0.05) is 35.8 Å². The summed E-state index contributed by atoms with van der Waals surface area (Å²) >= 11 is 8.32. The van der Waals surface area contributed by atoms with Crippen LogP contribution in [0.2, 0.25) is 5.02 Å². The summed E-state index contributed by atoms with van der Waals surface area (Å²) in [6.45, 7) is 7.91. The van der Waals surface area contributed by atoms with Crippen molar-refractivity contribution in [3.63, 3.8) is 0 Å². The van der Waals surface area contributed by atoms with Gasteiger partial charge >= 0.3 is 0 Å². The first-order valence-electron chi connectivity index (χ1n) is 13.1. The second-order valence-corrected chi connectivity index (χ2v) is 15.0. The highest BCUT2D eigenvalue weighted by atomic mass is 35.5. The molecule has 5 rings (SSSR count). The van der Waals surface area contributed by atoms with Crippen LogP contribution in [0.15, 0.2) is 54.2 Å². The monoisotopic (exact) mass is 578 g/mol. The first-order chi connectivity index (χ1) is 17.9. The number of ether oxygens (including phenoxy) is 1. The maximum Gasteiger partial charge on any atom is 0.211 e. The van der Waals surface area contributed by atoms with E-state index in [1.54, 1.807) is 11.4 Å². The van der Waals surface area contributed by atoms with Crippen molar-refractivity contribution in [3.8, 4) is 5.75 Å². The van der Waals surface area contributed by atoms with Crippen LogP contribution in [0.5, 0.6) is 5.75 Å². The van der Waals surface area contributed by atoms with Crippen LogP contribution in [-0.2, 0) is 15.4 Å². The van der Waals surface area contributed by atoms with Crippen molar-refractivity contribution in [2.45, 2.75) is 43.9 Å². The smallest absolute Gasteiger partial charge is 0.211 e. The number of fused-ring (bicyclic) bond motifs is 1. The van der Waals surface area contributed by atoms with Gasteiger partial charge in [0.1, 0.15) is 16.4 Å². The highest BCUT2D eigenvalue weighted by Crippen LogP contribution is 2.70. The van der Waals surface area contributed by atoms with Crippen molar-refractivity contribution < 1.29 is 17.5 Å². The van der Waals surface area contributed by atoms with Gasteiger partial charge in [0.15, 0.2) is 0 Å². The number of piperidine rings is 1. The van der Waals surface area contributed by atoms with Crippen molar-refractivity contribution in [2.75, 3.05) is 37.1 Å². The minimum Gasteiger partial charge on any atom is -0.495 e. The van der Waals surface area contributed by atoms with Crippen LogP contribution < -0.4 is 9.64 Å². The molecular formula is C29H36ClFN2O3S2. The van der Waals surface area contributed by atoms with Gasteiger partial charge in [-0.2, -0.15) is 0 Å². The molecule has 2 aromatic carbocycles. The molecular weight excluding hydrogens is 543 g/mol. The number of rotatable bonds is 8. The lowest BCUT2D eigenvalue weighted by molar-refractivity contribution is 0.292. The topological polar surface area (TPSA) is 49.9 Å². The molecule has 206 valence electrons. The largest absolute Gasteiger partial charge is 0.495 e. The second kappa shape index (κ2) is 10.0. The third-order valence-electron chi connectivity index (χ3n) is 8.68. The minimum absolute atomic E-state index is 0.144. The van der Waals surface area contributed by atoms with E-state index in [9.17, 15) is 12.8 Å². The molecule has 38 heavy (non-hydrogen) atoms. The normalized spacial score (nSPS) is 26.3. The molecule has 0 amide bonds. The summed E-state index contributed by atoms with van der Waals surface area (Å²) in [6, 6.07) is 12.8. The molecule has 3 aliphatic rings. The maximum atomic E-state index is 14.0. The average molecular weight is 579 g/mol.